The van der Waals surface area contributed by atoms with Gasteiger partial charge in [-0.1, -0.05) is 13.8 Å². The summed E-state index contributed by atoms with van der Waals surface area (Å²) in [5.74, 6) is 1.96. The summed E-state index contributed by atoms with van der Waals surface area (Å²) in [6.45, 7) is 6.93. The van der Waals surface area contributed by atoms with Crippen LogP contribution in [0.15, 0.2) is 30.7 Å². The molecule has 2 N–H and O–H groups in total. The lowest BCUT2D eigenvalue weighted by Crippen LogP contribution is -2.40. The molecule has 2 aliphatic rings. The van der Waals surface area contributed by atoms with Crippen LogP contribution in [0.3, 0.4) is 0 Å². The Bertz CT molecular complexity index is 821. The molecule has 0 spiro atoms. The fourth-order valence-corrected chi connectivity index (χ4v) is 3.62. The maximum Gasteiger partial charge on any atom is 0.320 e. The van der Waals surface area contributed by atoms with Crippen LogP contribution in [0.1, 0.15) is 38.7 Å². The number of hydrogen-bond donors (Lipinski definition) is 1. The fraction of sp³-hybridized carbons (Fsp3) is 0.500. The highest BCUT2D eigenvalue weighted by molar-refractivity contribution is 5.91. The van der Waals surface area contributed by atoms with Crippen molar-refractivity contribution in [3.05, 3.63) is 36.3 Å². The zero-order valence-corrected chi connectivity index (χ0v) is 17.3. The van der Waals surface area contributed by atoms with E-state index in [4.69, 9.17) is 15.2 Å². The van der Waals surface area contributed by atoms with Crippen molar-refractivity contribution in [3.63, 3.8) is 0 Å². The SMILES string of the molecule is CC.NC(=O)N1CCCc2cc(-c3cncc(OCC4CCOCC4)c3)cnc21. The van der Waals surface area contributed by atoms with E-state index in [0.29, 0.717) is 24.9 Å². The van der Waals surface area contributed by atoms with E-state index in [1.54, 1.807) is 18.6 Å². The lowest BCUT2D eigenvalue weighted by molar-refractivity contribution is 0.0497. The van der Waals surface area contributed by atoms with Gasteiger partial charge < -0.3 is 15.2 Å². The number of aromatic nitrogens is 2. The Hall–Kier alpha value is -2.67. The van der Waals surface area contributed by atoms with Gasteiger partial charge in [-0.3, -0.25) is 9.88 Å². The Morgan fingerprint density at radius 3 is 2.72 bits per heavy atom. The molecule has 0 saturated carbocycles. The highest BCUT2D eigenvalue weighted by Crippen LogP contribution is 2.30. The number of nitrogens with two attached hydrogens (primary N) is 1. The molecule has 7 nitrogen and oxygen atoms in total. The number of amides is 2. The van der Waals surface area contributed by atoms with E-state index in [2.05, 4.69) is 16.0 Å². The topological polar surface area (TPSA) is 90.6 Å². The molecule has 0 radical (unpaired) electrons. The molecule has 29 heavy (non-hydrogen) atoms. The average Bonchev–Trinajstić information content (AvgIpc) is 2.79. The van der Waals surface area contributed by atoms with Gasteiger partial charge in [-0.05, 0) is 49.3 Å². The molecule has 0 aromatic carbocycles. The van der Waals surface area contributed by atoms with E-state index in [9.17, 15) is 4.79 Å². The molecule has 7 heteroatoms. The molecule has 0 bridgehead atoms. The van der Waals surface area contributed by atoms with Gasteiger partial charge in [-0.2, -0.15) is 0 Å². The number of carbonyl (C=O) groups is 1. The van der Waals surface area contributed by atoms with Crippen LogP contribution in [0.2, 0.25) is 0 Å². The predicted molar refractivity (Wildman–Crippen MR) is 113 cm³/mol. The predicted octanol–water partition coefficient (Wildman–Crippen LogP) is 3.81. The molecule has 0 unspecified atom stereocenters. The number of rotatable bonds is 4. The van der Waals surface area contributed by atoms with Crippen LogP contribution < -0.4 is 15.4 Å². The molecule has 2 amide bonds. The van der Waals surface area contributed by atoms with Crippen molar-refractivity contribution >= 4 is 11.8 Å². The van der Waals surface area contributed by atoms with Crippen molar-refractivity contribution in [2.45, 2.75) is 39.5 Å². The van der Waals surface area contributed by atoms with Crippen LogP contribution in [0.4, 0.5) is 10.6 Å². The number of nitrogens with zero attached hydrogens (tertiary/aromatic N) is 3. The Morgan fingerprint density at radius 1 is 1.21 bits per heavy atom. The lowest BCUT2D eigenvalue weighted by Gasteiger charge is -2.26. The first-order chi connectivity index (χ1) is 14.2. The molecule has 2 aromatic rings. The largest absolute Gasteiger partial charge is 0.492 e. The van der Waals surface area contributed by atoms with Gasteiger partial charge in [0.1, 0.15) is 11.6 Å². The van der Waals surface area contributed by atoms with Gasteiger partial charge in [0, 0.05) is 43.3 Å². The van der Waals surface area contributed by atoms with E-state index in [1.165, 1.54) is 4.90 Å². The van der Waals surface area contributed by atoms with Crippen LogP contribution >= 0.6 is 0 Å². The van der Waals surface area contributed by atoms with Gasteiger partial charge in [-0.25, -0.2) is 9.78 Å². The third-order valence-corrected chi connectivity index (χ3v) is 5.17. The van der Waals surface area contributed by atoms with Crippen LogP contribution in [0.25, 0.3) is 11.1 Å². The molecule has 1 saturated heterocycles. The minimum absolute atomic E-state index is 0.457. The maximum absolute atomic E-state index is 11.6. The minimum atomic E-state index is -0.457. The van der Waals surface area contributed by atoms with E-state index >= 15 is 0 Å². The number of hydrogen-bond acceptors (Lipinski definition) is 5. The van der Waals surface area contributed by atoms with E-state index in [-0.39, 0.29) is 0 Å². The number of anilines is 1. The Balaban J connectivity index is 0.00000117. The molecular formula is C22H30N4O3. The number of primary amides is 1. The summed E-state index contributed by atoms with van der Waals surface area (Å²) in [5.41, 5.74) is 8.40. The molecule has 1 fully saturated rings. The van der Waals surface area contributed by atoms with E-state index in [0.717, 1.165) is 61.3 Å². The third-order valence-electron chi connectivity index (χ3n) is 5.17. The number of pyridine rings is 2. The molecule has 4 heterocycles. The molecule has 0 atom stereocenters. The second-order valence-corrected chi connectivity index (χ2v) is 7.08. The van der Waals surface area contributed by atoms with Crippen LogP contribution in [-0.4, -0.2) is 42.4 Å². The summed E-state index contributed by atoms with van der Waals surface area (Å²) >= 11 is 0. The first-order valence-electron chi connectivity index (χ1n) is 10.4. The standard InChI is InChI=1S/C20H24N4O3.C2H6/c21-20(25)24-5-1-2-15-8-16(11-23-19(15)24)17-9-18(12-22-10-17)27-13-14-3-6-26-7-4-14;1-2/h8-12,14H,1-7,13H2,(H2,21,25);1-2H3. The summed E-state index contributed by atoms with van der Waals surface area (Å²) in [7, 11) is 0. The van der Waals surface area contributed by atoms with Crippen molar-refractivity contribution in [2.24, 2.45) is 11.7 Å². The highest BCUT2D eigenvalue weighted by Gasteiger charge is 2.22. The molecule has 2 aromatic heterocycles. The van der Waals surface area contributed by atoms with Crippen molar-refractivity contribution < 1.29 is 14.3 Å². The van der Waals surface area contributed by atoms with Gasteiger partial charge >= 0.3 is 6.03 Å². The normalized spacial score (nSPS) is 16.4. The summed E-state index contributed by atoms with van der Waals surface area (Å²) in [5, 5.41) is 0. The fourth-order valence-electron chi connectivity index (χ4n) is 3.62. The number of aryl methyl sites for hydroxylation is 1. The number of fused-ring (bicyclic) bond motifs is 1. The molecule has 156 valence electrons. The van der Waals surface area contributed by atoms with Gasteiger partial charge in [0.05, 0.1) is 12.8 Å². The van der Waals surface area contributed by atoms with Crippen LogP contribution in [0.5, 0.6) is 5.75 Å². The van der Waals surface area contributed by atoms with Crippen molar-refractivity contribution in [2.75, 3.05) is 31.3 Å². The molecule has 0 aliphatic carbocycles. The Morgan fingerprint density at radius 2 is 1.97 bits per heavy atom. The van der Waals surface area contributed by atoms with E-state index < -0.39 is 6.03 Å². The smallest absolute Gasteiger partial charge is 0.320 e. The average molecular weight is 399 g/mol. The first kappa shape index (κ1) is 21.0. The number of ether oxygens (including phenoxy) is 2. The quantitative estimate of drug-likeness (QED) is 0.846. The van der Waals surface area contributed by atoms with E-state index in [1.807, 2.05) is 19.9 Å². The Labute approximate surface area is 172 Å². The summed E-state index contributed by atoms with van der Waals surface area (Å²) in [4.78, 5) is 21.9. The summed E-state index contributed by atoms with van der Waals surface area (Å²) in [6.07, 6.45) is 9.15. The zero-order chi connectivity index (χ0) is 20.6. The second-order valence-electron chi connectivity index (χ2n) is 7.08. The molecule has 4 rings (SSSR count). The summed E-state index contributed by atoms with van der Waals surface area (Å²) < 4.78 is 11.4. The maximum atomic E-state index is 11.6. The van der Waals surface area contributed by atoms with Crippen LogP contribution in [0, 0.1) is 5.92 Å². The van der Waals surface area contributed by atoms with Crippen molar-refractivity contribution in [1.29, 1.82) is 0 Å². The number of urea groups is 1. The lowest BCUT2D eigenvalue weighted by atomic mass is 10.0. The molecular weight excluding hydrogens is 368 g/mol. The van der Waals surface area contributed by atoms with Gasteiger partial charge in [0.25, 0.3) is 0 Å². The van der Waals surface area contributed by atoms with Gasteiger partial charge in [-0.15, -0.1) is 0 Å². The van der Waals surface area contributed by atoms with Crippen molar-refractivity contribution in [3.8, 4) is 16.9 Å². The molecule has 2 aliphatic heterocycles. The van der Waals surface area contributed by atoms with Gasteiger partial charge in [0.15, 0.2) is 0 Å². The number of carbonyl (C=O) groups excluding carboxylic acids is 1. The van der Waals surface area contributed by atoms with Crippen molar-refractivity contribution in [1.82, 2.24) is 9.97 Å². The minimum Gasteiger partial charge on any atom is -0.492 e. The Kier molecular flexibility index (Phi) is 7.41. The second kappa shape index (κ2) is 10.2. The third kappa shape index (κ3) is 5.23. The summed E-state index contributed by atoms with van der Waals surface area (Å²) in [6, 6.07) is 3.60. The first-order valence-corrected chi connectivity index (χ1v) is 10.4. The highest BCUT2D eigenvalue weighted by atomic mass is 16.5. The monoisotopic (exact) mass is 398 g/mol. The van der Waals surface area contributed by atoms with Gasteiger partial charge in [0.2, 0.25) is 0 Å². The van der Waals surface area contributed by atoms with Crippen LogP contribution in [-0.2, 0) is 11.2 Å². The zero-order valence-electron chi connectivity index (χ0n) is 17.3.